The van der Waals surface area contributed by atoms with Crippen molar-refractivity contribution in [2.45, 2.75) is 38.8 Å². The van der Waals surface area contributed by atoms with Crippen LogP contribution in [-0.4, -0.2) is 42.9 Å². The van der Waals surface area contributed by atoms with Crippen LogP contribution in [0.2, 0.25) is 0 Å². The van der Waals surface area contributed by atoms with Gasteiger partial charge in [-0.3, -0.25) is 4.90 Å². The summed E-state index contributed by atoms with van der Waals surface area (Å²) in [5.41, 5.74) is 3.46. The lowest BCUT2D eigenvalue weighted by Gasteiger charge is -2.52. The number of hydrogen-bond donors (Lipinski definition) is 0. The lowest BCUT2D eigenvalue weighted by molar-refractivity contribution is -0.945. The van der Waals surface area contributed by atoms with Crippen LogP contribution in [0.25, 0.3) is 0 Å². The van der Waals surface area contributed by atoms with Gasteiger partial charge in [0.2, 0.25) is 0 Å². The van der Waals surface area contributed by atoms with Gasteiger partial charge in [-0.05, 0) is 42.3 Å². The van der Waals surface area contributed by atoms with Crippen LogP contribution in [0, 0.1) is 24.5 Å². The molecule has 196 valence electrons. The van der Waals surface area contributed by atoms with E-state index in [4.69, 9.17) is 4.74 Å². The number of amides is 1. The Hall–Kier alpha value is -2.77. The highest BCUT2D eigenvalue weighted by Gasteiger charge is 2.47. The van der Waals surface area contributed by atoms with Crippen LogP contribution in [0.5, 0.6) is 0 Å². The zero-order valence-electron chi connectivity index (χ0n) is 21.1. The molecule has 2 bridgehead atoms. The average Bonchev–Trinajstić information content (AvgIpc) is 2.89. The summed E-state index contributed by atoms with van der Waals surface area (Å²) in [6.45, 7) is 6.24. The van der Waals surface area contributed by atoms with E-state index >= 15 is 0 Å². The molecule has 0 aliphatic carbocycles. The molecule has 0 N–H and O–H groups in total. The van der Waals surface area contributed by atoms with Crippen molar-refractivity contribution in [1.82, 2.24) is 0 Å². The quantitative estimate of drug-likeness (QED) is 0.408. The third-order valence-corrected chi connectivity index (χ3v) is 7.91. The fourth-order valence-corrected chi connectivity index (χ4v) is 5.67. The summed E-state index contributed by atoms with van der Waals surface area (Å²) < 4.78 is 35.2. The molecule has 3 aliphatic heterocycles. The maximum Gasteiger partial charge on any atom is 0.415 e. The molecule has 3 aliphatic rings. The summed E-state index contributed by atoms with van der Waals surface area (Å²) in [6.07, 6.45) is 2.31. The van der Waals surface area contributed by atoms with Gasteiger partial charge >= 0.3 is 6.09 Å². The molecule has 1 amide bonds. The number of fused-ring (bicyclic) bond motifs is 3. The first-order chi connectivity index (χ1) is 17.4. The number of aryl methyl sites for hydroxylation is 1. The monoisotopic (exact) mass is 570 g/mol. The van der Waals surface area contributed by atoms with Crippen molar-refractivity contribution >= 4 is 11.8 Å². The van der Waals surface area contributed by atoms with Gasteiger partial charge in [0.05, 0.1) is 31.9 Å². The molecule has 1 atom stereocenters. The number of halogens is 3. The van der Waals surface area contributed by atoms with Crippen LogP contribution >= 0.6 is 0 Å². The number of carbonyl (C=O) groups is 1. The fourth-order valence-electron chi connectivity index (χ4n) is 5.67. The van der Waals surface area contributed by atoms with Gasteiger partial charge in [0, 0.05) is 25.2 Å². The second-order valence-corrected chi connectivity index (χ2v) is 10.4. The molecule has 3 fully saturated rings. The lowest BCUT2D eigenvalue weighted by atomic mass is 9.83. The van der Waals surface area contributed by atoms with Gasteiger partial charge in [0.15, 0.2) is 6.10 Å². The molecular weight excluding hydrogens is 538 g/mol. The van der Waals surface area contributed by atoms with E-state index in [2.05, 4.69) is 31.2 Å². The van der Waals surface area contributed by atoms with Gasteiger partial charge in [0.1, 0.15) is 18.2 Å². The molecule has 3 heterocycles. The van der Waals surface area contributed by atoms with E-state index < -0.39 is 11.9 Å². The molecule has 0 radical (unpaired) electrons. The number of anilines is 1. The van der Waals surface area contributed by atoms with Crippen molar-refractivity contribution in [3.8, 4) is 0 Å². The second kappa shape index (κ2) is 11.7. The van der Waals surface area contributed by atoms with Gasteiger partial charge < -0.3 is 26.2 Å². The minimum Gasteiger partial charge on any atom is -1.00 e. The van der Waals surface area contributed by atoms with E-state index in [0.717, 1.165) is 49.9 Å². The van der Waals surface area contributed by atoms with Crippen LogP contribution < -0.4 is 21.9 Å². The molecule has 0 unspecified atom stereocenters. The van der Waals surface area contributed by atoms with E-state index in [1.165, 1.54) is 34.2 Å². The predicted octanol–water partition coefficient (Wildman–Crippen LogP) is 3.27. The van der Waals surface area contributed by atoms with E-state index in [9.17, 15) is 13.6 Å². The summed E-state index contributed by atoms with van der Waals surface area (Å²) in [6, 6.07) is 20.8. The number of para-hydroxylation sites is 1. The maximum absolute atomic E-state index is 14.7. The Morgan fingerprint density at radius 2 is 1.59 bits per heavy atom. The van der Waals surface area contributed by atoms with Crippen LogP contribution in [-0.2, 0) is 17.7 Å². The smallest absolute Gasteiger partial charge is 0.415 e. The highest BCUT2D eigenvalue weighted by molar-refractivity contribution is 5.87. The number of carbonyl (C=O) groups excluding carboxylic acids is 1. The number of nitrogens with zero attached hydrogens (tertiary/aromatic N) is 2. The number of hydrogen-bond acceptors (Lipinski definition) is 2. The van der Waals surface area contributed by atoms with Crippen molar-refractivity contribution in [3.63, 3.8) is 0 Å². The molecular formula is C30H33BrF2N2O2. The fraction of sp³-hybridized carbons (Fsp3) is 0.367. The third kappa shape index (κ3) is 6.39. The number of quaternary nitrogens is 1. The number of piperidine rings is 3. The molecule has 7 heteroatoms. The maximum atomic E-state index is 14.7. The first-order valence-electron chi connectivity index (χ1n) is 12.8. The van der Waals surface area contributed by atoms with E-state index in [-0.39, 0.29) is 41.1 Å². The van der Waals surface area contributed by atoms with Gasteiger partial charge in [0.25, 0.3) is 0 Å². The van der Waals surface area contributed by atoms with Crippen LogP contribution in [0.3, 0.4) is 0 Å². The summed E-state index contributed by atoms with van der Waals surface area (Å²) in [4.78, 5) is 14.8. The van der Waals surface area contributed by atoms with E-state index in [0.29, 0.717) is 11.5 Å². The SMILES string of the molecule is Cc1ccc(CC[N+]23CCC(CC2)[C@@H](OC(=O)N(Cc2ccc(F)cc2)c2ccccc2F)C3)cc1.[Br-]. The molecule has 4 nitrogen and oxygen atoms in total. The Bertz CT molecular complexity index is 1190. The molecule has 0 aromatic heterocycles. The van der Waals surface area contributed by atoms with E-state index in [1.807, 2.05) is 0 Å². The van der Waals surface area contributed by atoms with Crippen LogP contribution in [0.1, 0.15) is 29.5 Å². The topological polar surface area (TPSA) is 29.5 Å². The number of rotatable bonds is 7. The standard InChI is InChI=1S/C30H33F2N2O2.BrH/c1-22-6-8-23(9-7-22)14-17-34-18-15-25(16-19-34)29(21-34)36-30(35)33(28-5-3-2-4-27(28)32)20-24-10-12-26(31)13-11-24;/h2-13,25,29H,14-21H2,1H3;1H/q+1;/p-1/t25?,29-,34?;/m0./s1. The minimum atomic E-state index is -0.556. The Morgan fingerprint density at radius 3 is 2.27 bits per heavy atom. The predicted molar refractivity (Wildman–Crippen MR) is 137 cm³/mol. The van der Waals surface area contributed by atoms with Gasteiger partial charge in [-0.1, -0.05) is 54.1 Å². The zero-order chi connectivity index (χ0) is 25.1. The highest BCUT2D eigenvalue weighted by atomic mass is 79.9. The highest BCUT2D eigenvalue weighted by Crippen LogP contribution is 2.36. The largest absolute Gasteiger partial charge is 1.00 e. The summed E-state index contributed by atoms with van der Waals surface area (Å²) in [5, 5.41) is 0. The Balaban J connectivity index is 0.00000320. The molecule has 3 aromatic carbocycles. The number of benzene rings is 3. The Morgan fingerprint density at radius 1 is 0.946 bits per heavy atom. The summed E-state index contributed by atoms with van der Waals surface area (Å²) in [7, 11) is 0. The first-order valence-corrected chi connectivity index (χ1v) is 12.8. The molecule has 37 heavy (non-hydrogen) atoms. The minimum absolute atomic E-state index is 0. The molecule has 3 saturated heterocycles. The van der Waals surface area contributed by atoms with E-state index in [1.54, 1.807) is 30.3 Å². The summed E-state index contributed by atoms with van der Waals surface area (Å²) >= 11 is 0. The molecule has 0 spiro atoms. The molecule has 6 rings (SSSR count). The number of ether oxygens (including phenoxy) is 1. The van der Waals surface area contributed by atoms with Crippen molar-refractivity contribution < 1.29 is 39.8 Å². The zero-order valence-corrected chi connectivity index (χ0v) is 22.7. The Labute approximate surface area is 228 Å². The third-order valence-electron chi connectivity index (χ3n) is 7.91. The summed E-state index contributed by atoms with van der Waals surface area (Å²) in [5.74, 6) is -0.514. The lowest BCUT2D eigenvalue weighted by Crippen LogP contribution is -3.00. The first kappa shape index (κ1) is 27.3. The molecule has 3 aromatic rings. The van der Waals surface area contributed by atoms with Crippen LogP contribution in [0.4, 0.5) is 19.3 Å². The second-order valence-electron chi connectivity index (χ2n) is 10.4. The Kier molecular flexibility index (Phi) is 8.65. The van der Waals surface area contributed by atoms with Crippen LogP contribution in [0.15, 0.2) is 72.8 Å². The normalized spacial score (nSPS) is 22.2. The van der Waals surface area contributed by atoms with Crippen molar-refractivity contribution in [3.05, 3.63) is 101 Å². The van der Waals surface area contributed by atoms with Gasteiger partial charge in [-0.2, -0.15) is 0 Å². The van der Waals surface area contributed by atoms with Crippen molar-refractivity contribution in [2.75, 3.05) is 31.1 Å². The van der Waals surface area contributed by atoms with Gasteiger partial charge in [-0.15, -0.1) is 0 Å². The van der Waals surface area contributed by atoms with Gasteiger partial charge in [-0.25, -0.2) is 13.6 Å². The molecule has 0 saturated carbocycles. The van der Waals surface area contributed by atoms with Crippen molar-refractivity contribution in [1.29, 1.82) is 0 Å². The average molecular weight is 572 g/mol. The van der Waals surface area contributed by atoms with Crippen molar-refractivity contribution in [2.24, 2.45) is 5.92 Å².